The molecule has 0 aliphatic carbocycles. The van der Waals surface area contributed by atoms with E-state index < -0.39 is 0 Å². The largest absolute Gasteiger partial charge is 0.493 e. The van der Waals surface area contributed by atoms with Gasteiger partial charge in [-0.1, -0.05) is 36.1 Å². The van der Waals surface area contributed by atoms with E-state index in [1.54, 1.807) is 17.6 Å². The Kier molecular flexibility index (Phi) is 4.88. The average Bonchev–Trinajstić information content (AvgIpc) is 3.17. The van der Waals surface area contributed by atoms with Gasteiger partial charge in [-0.15, -0.1) is 0 Å². The maximum atomic E-state index is 12.9. The lowest BCUT2D eigenvalue weighted by Gasteiger charge is -2.12. The molecule has 0 fully saturated rings. The zero-order valence-electron chi connectivity index (χ0n) is 14.4. The Balaban J connectivity index is 1.86. The van der Waals surface area contributed by atoms with Gasteiger partial charge in [0, 0.05) is 0 Å². The summed E-state index contributed by atoms with van der Waals surface area (Å²) in [5.41, 5.74) is 2.46. The molecule has 27 heavy (non-hydrogen) atoms. The van der Waals surface area contributed by atoms with Crippen molar-refractivity contribution >= 4 is 56.0 Å². The number of halogens is 1. The maximum absolute atomic E-state index is 12.9. The molecule has 0 bridgehead atoms. The Morgan fingerprint density at radius 1 is 1.33 bits per heavy atom. The number of methoxy groups -OCH3 is 1. The third-order valence-corrected chi connectivity index (χ3v) is 5.81. The molecular weight excluding hydrogens is 475 g/mol. The van der Waals surface area contributed by atoms with Crippen LogP contribution in [-0.4, -0.2) is 23.1 Å². The lowest BCUT2D eigenvalue weighted by Crippen LogP contribution is -2.22. The second-order valence-electron chi connectivity index (χ2n) is 5.77. The van der Waals surface area contributed by atoms with Crippen LogP contribution in [0.2, 0.25) is 0 Å². The van der Waals surface area contributed by atoms with Gasteiger partial charge >= 0.3 is 0 Å². The first-order chi connectivity index (χ1) is 13.1. The van der Waals surface area contributed by atoms with Gasteiger partial charge in [0.15, 0.2) is 16.5 Å². The monoisotopic (exact) mass is 490 g/mol. The minimum Gasteiger partial charge on any atom is -0.493 e. The van der Waals surface area contributed by atoms with Crippen LogP contribution in [0.5, 0.6) is 11.5 Å². The minimum absolute atomic E-state index is 0.0651. The smallest absolute Gasteiger partial charge is 0.274 e. The highest BCUT2D eigenvalue weighted by atomic mass is 127. The first-order valence-electron chi connectivity index (χ1n) is 8.15. The van der Waals surface area contributed by atoms with Crippen LogP contribution in [0.15, 0.2) is 53.8 Å². The van der Waals surface area contributed by atoms with Crippen LogP contribution in [-0.2, 0) is 0 Å². The third-order valence-electron chi connectivity index (χ3n) is 4.04. The van der Waals surface area contributed by atoms with Gasteiger partial charge in [-0.2, -0.15) is 0 Å². The van der Waals surface area contributed by atoms with E-state index >= 15 is 0 Å². The maximum Gasteiger partial charge on any atom is 0.274 e. The fourth-order valence-electron chi connectivity index (χ4n) is 2.87. The van der Waals surface area contributed by atoms with Crippen molar-refractivity contribution in [2.75, 3.05) is 13.7 Å². The number of hydrogen-bond donors (Lipinski definition) is 0. The SMILES string of the molecule is C=CCOc1c(I)cc(C=c2sc3nc4ccccc4n3c2=O)cc1OC. The summed E-state index contributed by atoms with van der Waals surface area (Å²) in [6.07, 6.45) is 3.55. The lowest BCUT2D eigenvalue weighted by atomic mass is 10.2. The summed E-state index contributed by atoms with van der Waals surface area (Å²) < 4.78 is 14.3. The number of benzene rings is 2. The average molecular weight is 490 g/mol. The summed E-state index contributed by atoms with van der Waals surface area (Å²) in [5.74, 6) is 1.29. The summed E-state index contributed by atoms with van der Waals surface area (Å²) in [7, 11) is 1.60. The van der Waals surface area contributed by atoms with Gasteiger partial charge in [0.05, 0.1) is 26.2 Å². The molecule has 0 radical (unpaired) electrons. The van der Waals surface area contributed by atoms with E-state index in [-0.39, 0.29) is 5.56 Å². The molecule has 2 aromatic heterocycles. The molecule has 5 nitrogen and oxygen atoms in total. The van der Waals surface area contributed by atoms with E-state index in [1.807, 2.05) is 42.5 Å². The zero-order chi connectivity index (χ0) is 19.0. The van der Waals surface area contributed by atoms with Crippen molar-refractivity contribution in [2.45, 2.75) is 0 Å². The topological polar surface area (TPSA) is 52.8 Å². The standard InChI is InChI=1S/C20H15IN2O3S/c1-3-8-26-18-13(21)9-12(10-16(18)25-2)11-17-19(24)23-15-7-5-4-6-14(15)22-20(23)27-17/h3-7,9-11H,1,8H2,2H3. The fourth-order valence-corrected chi connectivity index (χ4v) is 4.64. The summed E-state index contributed by atoms with van der Waals surface area (Å²) >= 11 is 3.58. The van der Waals surface area contributed by atoms with Crippen LogP contribution in [0, 0.1) is 3.57 Å². The molecule has 0 spiro atoms. The molecular formula is C20H15IN2O3S. The Morgan fingerprint density at radius 3 is 2.93 bits per heavy atom. The first kappa shape index (κ1) is 18.0. The van der Waals surface area contributed by atoms with E-state index in [0.29, 0.717) is 27.6 Å². The van der Waals surface area contributed by atoms with Gasteiger partial charge in [0.25, 0.3) is 5.56 Å². The molecule has 4 rings (SSSR count). The Bertz CT molecular complexity index is 1280. The van der Waals surface area contributed by atoms with E-state index in [1.165, 1.54) is 11.3 Å². The number of aromatic nitrogens is 2. The van der Waals surface area contributed by atoms with Crippen molar-refractivity contribution in [3.63, 3.8) is 0 Å². The van der Waals surface area contributed by atoms with Gasteiger partial charge in [-0.25, -0.2) is 9.38 Å². The van der Waals surface area contributed by atoms with Crippen molar-refractivity contribution < 1.29 is 9.47 Å². The van der Waals surface area contributed by atoms with Crippen molar-refractivity contribution in [3.05, 3.63) is 73.1 Å². The van der Waals surface area contributed by atoms with Gasteiger partial charge in [0.2, 0.25) is 0 Å². The van der Waals surface area contributed by atoms with Crippen LogP contribution >= 0.6 is 33.9 Å². The molecule has 4 aromatic rings. The van der Waals surface area contributed by atoms with Crippen molar-refractivity contribution in [2.24, 2.45) is 0 Å². The number of nitrogens with zero attached hydrogens (tertiary/aromatic N) is 2. The van der Waals surface area contributed by atoms with Crippen LogP contribution in [0.1, 0.15) is 5.56 Å². The number of thiazole rings is 1. The Labute approximate surface area is 172 Å². The predicted molar refractivity (Wildman–Crippen MR) is 117 cm³/mol. The van der Waals surface area contributed by atoms with Gasteiger partial charge in [0.1, 0.15) is 6.61 Å². The van der Waals surface area contributed by atoms with Gasteiger partial charge in [-0.3, -0.25) is 4.79 Å². The molecule has 2 aromatic carbocycles. The second kappa shape index (κ2) is 7.32. The highest BCUT2D eigenvalue weighted by Crippen LogP contribution is 2.34. The molecule has 7 heteroatoms. The third kappa shape index (κ3) is 3.21. The fraction of sp³-hybridized carbons (Fsp3) is 0.100. The highest BCUT2D eigenvalue weighted by Gasteiger charge is 2.13. The van der Waals surface area contributed by atoms with E-state index in [4.69, 9.17) is 9.47 Å². The molecule has 0 amide bonds. The van der Waals surface area contributed by atoms with Crippen molar-refractivity contribution in [1.82, 2.24) is 9.38 Å². The molecule has 0 N–H and O–H groups in total. The normalized spacial score (nSPS) is 12.0. The van der Waals surface area contributed by atoms with E-state index in [2.05, 4.69) is 34.2 Å². The van der Waals surface area contributed by atoms with Crippen LogP contribution in [0.25, 0.3) is 22.1 Å². The second-order valence-corrected chi connectivity index (χ2v) is 7.94. The van der Waals surface area contributed by atoms with E-state index in [9.17, 15) is 4.79 Å². The quantitative estimate of drug-likeness (QED) is 0.317. The number of hydrogen-bond acceptors (Lipinski definition) is 5. The Morgan fingerprint density at radius 2 is 2.15 bits per heavy atom. The molecule has 0 atom stereocenters. The minimum atomic E-state index is -0.0651. The number of para-hydroxylation sites is 2. The van der Waals surface area contributed by atoms with Crippen molar-refractivity contribution in [3.8, 4) is 11.5 Å². The molecule has 0 saturated heterocycles. The zero-order valence-corrected chi connectivity index (χ0v) is 17.4. The Hall–Kier alpha value is -2.39. The summed E-state index contributed by atoms with van der Waals surface area (Å²) in [5, 5.41) is 0. The highest BCUT2D eigenvalue weighted by molar-refractivity contribution is 14.1. The molecule has 0 unspecified atom stereocenters. The summed E-state index contributed by atoms with van der Waals surface area (Å²) in [6.45, 7) is 4.06. The number of imidazole rings is 1. The van der Waals surface area contributed by atoms with Gasteiger partial charge < -0.3 is 9.47 Å². The first-order valence-corrected chi connectivity index (χ1v) is 10.0. The van der Waals surface area contributed by atoms with Gasteiger partial charge in [-0.05, 0) is 58.5 Å². The van der Waals surface area contributed by atoms with Crippen LogP contribution in [0.4, 0.5) is 0 Å². The van der Waals surface area contributed by atoms with Crippen molar-refractivity contribution in [1.29, 1.82) is 0 Å². The molecule has 2 heterocycles. The summed E-state index contributed by atoms with van der Waals surface area (Å²) in [6, 6.07) is 11.5. The molecule has 0 aliphatic rings. The summed E-state index contributed by atoms with van der Waals surface area (Å²) in [4.78, 5) is 18.1. The number of ether oxygens (including phenoxy) is 2. The number of rotatable bonds is 5. The van der Waals surface area contributed by atoms with E-state index in [0.717, 1.165) is 20.2 Å². The molecule has 0 saturated carbocycles. The predicted octanol–water partition coefficient (Wildman–Crippen LogP) is 3.63. The van der Waals surface area contributed by atoms with Crippen LogP contribution < -0.4 is 19.6 Å². The van der Waals surface area contributed by atoms with Crippen LogP contribution in [0.3, 0.4) is 0 Å². The number of fused-ring (bicyclic) bond motifs is 3. The lowest BCUT2D eigenvalue weighted by molar-refractivity contribution is 0.324. The molecule has 136 valence electrons. The molecule has 0 aliphatic heterocycles.